The van der Waals surface area contributed by atoms with Crippen LogP contribution in [0.5, 0.6) is 0 Å². The molecule has 0 bridgehead atoms. The summed E-state index contributed by atoms with van der Waals surface area (Å²) in [6, 6.07) is 3.91. The highest BCUT2D eigenvalue weighted by Gasteiger charge is 2.16. The smallest absolute Gasteiger partial charge is 0.179 e. The van der Waals surface area contributed by atoms with Crippen LogP contribution in [0.3, 0.4) is 0 Å². The van der Waals surface area contributed by atoms with Crippen molar-refractivity contribution in [1.29, 1.82) is 0 Å². The molecule has 1 fully saturated rings. The lowest BCUT2D eigenvalue weighted by atomic mass is 10.1. The van der Waals surface area contributed by atoms with Crippen molar-refractivity contribution in [3.8, 4) is 0 Å². The second-order valence-corrected chi connectivity index (χ2v) is 4.79. The van der Waals surface area contributed by atoms with Gasteiger partial charge >= 0.3 is 0 Å². The fraction of sp³-hybridized carbons (Fsp3) is 0.500. The summed E-state index contributed by atoms with van der Waals surface area (Å²) in [5.74, 6) is 0. The van der Waals surface area contributed by atoms with Crippen LogP contribution in [0.2, 0.25) is 0 Å². The van der Waals surface area contributed by atoms with Gasteiger partial charge in [0.05, 0.1) is 18.2 Å². The zero-order valence-corrected chi connectivity index (χ0v) is 10.4. The molecular weight excluding hydrogens is 234 g/mol. The number of fused-ring (bicyclic) bond motifs is 1. The predicted octanol–water partition coefficient (Wildman–Crippen LogP) is 2.66. The number of rotatable bonds is 2. The van der Waals surface area contributed by atoms with Gasteiger partial charge < -0.3 is 9.72 Å². The molecule has 0 saturated carbocycles. The number of aromatic nitrogens is 3. The standard InChI is InChI=1S/C12H15N3OS/c17-12-14-10-5-3-6-13-11(10)15(12)8-9-4-1-2-7-16-9/h3,5-6,9H,1-2,4,7-8H2,(H,14,17). The number of nitrogens with zero attached hydrogens (tertiary/aromatic N) is 2. The van der Waals surface area contributed by atoms with Gasteiger partial charge in [0.2, 0.25) is 0 Å². The molecule has 1 aliphatic heterocycles. The van der Waals surface area contributed by atoms with Gasteiger partial charge in [0.1, 0.15) is 0 Å². The summed E-state index contributed by atoms with van der Waals surface area (Å²) in [6.45, 7) is 1.67. The lowest BCUT2D eigenvalue weighted by Gasteiger charge is -2.22. The van der Waals surface area contributed by atoms with Gasteiger partial charge in [-0.3, -0.25) is 4.57 Å². The first-order valence-corrected chi connectivity index (χ1v) is 6.40. The molecule has 0 radical (unpaired) electrons. The normalized spacial score (nSPS) is 20.8. The number of hydrogen-bond acceptors (Lipinski definition) is 3. The minimum atomic E-state index is 0.274. The fourth-order valence-corrected chi connectivity index (χ4v) is 2.58. The molecule has 1 N–H and O–H groups in total. The molecule has 1 saturated heterocycles. The van der Waals surface area contributed by atoms with Gasteiger partial charge in [0.25, 0.3) is 0 Å². The molecule has 0 aromatic carbocycles. The largest absolute Gasteiger partial charge is 0.376 e. The van der Waals surface area contributed by atoms with E-state index in [9.17, 15) is 0 Å². The Morgan fingerprint density at radius 3 is 3.29 bits per heavy atom. The van der Waals surface area contributed by atoms with E-state index in [1.165, 1.54) is 12.8 Å². The summed E-state index contributed by atoms with van der Waals surface area (Å²) in [7, 11) is 0. The number of nitrogens with one attached hydrogen (secondary N) is 1. The fourth-order valence-electron chi connectivity index (χ4n) is 2.31. The quantitative estimate of drug-likeness (QED) is 0.832. The second-order valence-electron chi connectivity index (χ2n) is 4.40. The lowest BCUT2D eigenvalue weighted by molar-refractivity contribution is 0.00633. The molecule has 3 rings (SSSR count). The molecular formula is C12H15N3OS. The zero-order chi connectivity index (χ0) is 11.7. The molecule has 0 aliphatic carbocycles. The van der Waals surface area contributed by atoms with Crippen LogP contribution in [-0.2, 0) is 11.3 Å². The van der Waals surface area contributed by atoms with Crippen LogP contribution in [-0.4, -0.2) is 27.2 Å². The number of imidazole rings is 1. The minimum Gasteiger partial charge on any atom is -0.376 e. The van der Waals surface area contributed by atoms with Crippen LogP contribution in [0.15, 0.2) is 18.3 Å². The Hall–Kier alpha value is -1.20. The summed E-state index contributed by atoms with van der Waals surface area (Å²) in [5, 5.41) is 0. The monoisotopic (exact) mass is 249 g/mol. The lowest BCUT2D eigenvalue weighted by Crippen LogP contribution is -2.24. The third kappa shape index (κ3) is 2.12. The average Bonchev–Trinajstić information content (AvgIpc) is 2.68. The molecule has 4 nitrogen and oxygen atoms in total. The summed E-state index contributed by atoms with van der Waals surface area (Å²) in [6.07, 6.45) is 5.60. The highest BCUT2D eigenvalue weighted by Crippen LogP contribution is 2.17. The molecule has 2 aromatic heterocycles. The predicted molar refractivity (Wildman–Crippen MR) is 68.5 cm³/mol. The molecule has 17 heavy (non-hydrogen) atoms. The van der Waals surface area contributed by atoms with E-state index in [2.05, 4.69) is 9.97 Å². The molecule has 1 atom stereocenters. The van der Waals surface area contributed by atoms with Crippen LogP contribution in [0, 0.1) is 4.77 Å². The highest BCUT2D eigenvalue weighted by atomic mass is 32.1. The third-order valence-corrected chi connectivity index (χ3v) is 3.51. The van der Waals surface area contributed by atoms with Crippen molar-refractivity contribution in [3.05, 3.63) is 23.1 Å². The molecule has 3 heterocycles. The molecule has 90 valence electrons. The average molecular weight is 249 g/mol. The van der Waals surface area contributed by atoms with Crippen LogP contribution in [0.1, 0.15) is 19.3 Å². The molecule has 1 aliphatic rings. The van der Waals surface area contributed by atoms with Crippen molar-refractivity contribution in [2.45, 2.75) is 31.9 Å². The highest BCUT2D eigenvalue weighted by molar-refractivity contribution is 7.71. The number of ether oxygens (including phenoxy) is 1. The first-order chi connectivity index (χ1) is 8.34. The Morgan fingerprint density at radius 2 is 2.47 bits per heavy atom. The van der Waals surface area contributed by atoms with Gasteiger partial charge in [-0.2, -0.15) is 0 Å². The van der Waals surface area contributed by atoms with E-state index < -0.39 is 0 Å². The van der Waals surface area contributed by atoms with E-state index in [0.717, 1.165) is 35.5 Å². The Balaban J connectivity index is 1.93. The Bertz CT molecular complexity index is 568. The van der Waals surface area contributed by atoms with Crippen molar-refractivity contribution >= 4 is 23.4 Å². The van der Waals surface area contributed by atoms with Gasteiger partial charge in [0.15, 0.2) is 10.4 Å². The molecule has 1 unspecified atom stereocenters. The van der Waals surface area contributed by atoms with Crippen LogP contribution < -0.4 is 0 Å². The van der Waals surface area contributed by atoms with Gasteiger partial charge in [-0.05, 0) is 43.6 Å². The van der Waals surface area contributed by atoms with Gasteiger partial charge in [-0.1, -0.05) is 0 Å². The number of hydrogen-bond donors (Lipinski definition) is 1. The molecule has 2 aromatic rings. The van der Waals surface area contributed by atoms with Gasteiger partial charge in [-0.15, -0.1) is 0 Å². The second kappa shape index (κ2) is 4.58. The van der Waals surface area contributed by atoms with Gasteiger partial charge in [0, 0.05) is 12.8 Å². The minimum absolute atomic E-state index is 0.274. The SMILES string of the molecule is S=c1[nH]c2cccnc2n1CC1CCCCO1. The zero-order valence-electron chi connectivity index (χ0n) is 9.56. The number of pyridine rings is 1. The van der Waals surface area contributed by atoms with E-state index in [0.29, 0.717) is 0 Å². The Labute approximate surface area is 105 Å². The number of aromatic amines is 1. The van der Waals surface area contributed by atoms with E-state index >= 15 is 0 Å². The maximum atomic E-state index is 5.75. The summed E-state index contributed by atoms with van der Waals surface area (Å²) < 4.78 is 8.52. The van der Waals surface area contributed by atoms with Crippen molar-refractivity contribution in [1.82, 2.24) is 14.5 Å². The first-order valence-electron chi connectivity index (χ1n) is 6.00. The summed E-state index contributed by atoms with van der Waals surface area (Å²) in [4.78, 5) is 7.55. The van der Waals surface area contributed by atoms with E-state index in [-0.39, 0.29) is 6.10 Å². The Morgan fingerprint density at radius 1 is 1.53 bits per heavy atom. The van der Waals surface area contributed by atoms with E-state index in [1.807, 2.05) is 16.7 Å². The molecule has 5 heteroatoms. The van der Waals surface area contributed by atoms with Crippen LogP contribution >= 0.6 is 12.2 Å². The maximum Gasteiger partial charge on any atom is 0.179 e. The van der Waals surface area contributed by atoms with Gasteiger partial charge in [-0.25, -0.2) is 4.98 Å². The molecule has 0 amide bonds. The molecule has 0 spiro atoms. The van der Waals surface area contributed by atoms with Crippen LogP contribution in [0.4, 0.5) is 0 Å². The van der Waals surface area contributed by atoms with E-state index in [1.54, 1.807) is 6.20 Å². The Kier molecular flexibility index (Phi) is 2.94. The van der Waals surface area contributed by atoms with Crippen molar-refractivity contribution < 1.29 is 4.74 Å². The summed E-state index contributed by atoms with van der Waals surface area (Å²) in [5.41, 5.74) is 1.92. The van der Waals surface area contributed by atoms with Crippen molar-refractivity contribution in [2.24, 2.45) is 0 Å². The van der Waals surface area contributed by atoms with Crippen molar-refractivity contribution in [3.63, 3.8) is 0 Å². The van der Waals surface area contributed by atoms with Crippen LogP contribution in [0.25, 0.3) is 11.2 Å². The maximum absolute atomic E-state index is 5.75. The van der Waals surface area contributed by atoms with Crippen molar-refractivity contribution in [2.75, 3.05) is 6.61 Å². The number of H-pyrrole nitrogens is 1. The third-order valence-electron chi connectivity index (χ3n) is 3.19. The summed E-state index contributed by atoms with van der Waals surface area (Å²) >= 11 is 5.33. The topological polar surface area (TPSA) is 42.8 Å². The first kappa shape index (κ1) is 10.9. The van der Waals surface area contributed by atoms with E-state index in [4.69, 9.17) is 17.0 Å².